The van der Waals surface area contributed by atoms with Gasteiger partial charge in [-0.25, -0.2) is 0 Å². The summed E-state index contributed by atoms with van der Waals surface area (Å²) in [4.78, 5) is 0. The largest absolute Gasteiger partial charge is 0.373 e. The summed E-state index contributed by atoms with van der Waals surface area (Å²) in [5.41, 5.74) is 7.13. The maximum Gasteiger partial charge on any atom is 0.0879 e. The van der Waals surface area contributed by atoms with Gasteiger partial charge in [0, 0.05) is 17.2 Å². The third-order valence-corrected chi connectivity index (χ3v) is 4.32. The molecule has 2 N–H and O–H groups in total. The van der Waals surface area contributed by atoms with E-state index in [0.29, 0.717) is 5.92 Å². The molecule has 2 aromatic rings. The molecular weight excluding hydrogens is 218 g/mol. The number of nitrogens with two attached hydrogens (primary N) is 1. The molecule has 1 aliphatic heterocycles. The Morgan fingerprint density at radius 1 is 1.38 bits per heavy atom. The van der Waals surface area contributed by atoms with E-state index in [2.05, 4.69) is 29.6 Å². The highest BCUT2D eigenvalue weighted by atomic mass is 32.1. The summed E-state index contributed by atoms with van der Waals surface area (Å²) in [6.07, 6.45) is 1.30. The van der Waals surface area contributed by atoms with Crippen molar-refractivity contribution in [1.82, 2.24) is 0 Å². The second-order valence-electron chi connectivity index (χ2n) is 4.26. The molecule has 1 aliphatic rings. The Morgan fingerprint density at radius 2 is 2.25 bits per heavy atom. The summed E-state index contributed by atoms with van der Waals surface area (Å²) in [5.74, 6) is 0.484. The first-order valence-electron chi connectivity index (χ1n) is 5.68. The lowest BCUT2D eigenvalue weighted by Crippen LogP contribution is -2.17. The van der Waals surface area contributed by atoms with E-state index in [4.69, 9.17) is 10.5 Å². The Hall–Kier alpha value is -0.900. The van der Waals surface area contributed by atoms with Crippen LogP contribution in [0.5, 0.6) is 0 Å². The summed E-state index contributed by atoms with van der Waals surface area (Å²) < 4.78 is 7.17. The molecular formula is C13H15NOS. The van der Waals surface area contributed by atoms with Crippen molar-refractivity contribution < 1.29 is 4.74 Å². The quantitative estimate of drug-likeness (QED) is 0.865. The van der Waals surface area contributed by atoms with Gasteiger partial charge in [-0.1, -0.05) is 18.2 Å². The molecule has 0 saturated carbocycles. The highest BCUT2D eigenvalue weighted by Gasteiger charge is 2.30. The molecule has 0 spiro atoms. The Balaban J connectivity index is 2.05. The number of benzene rings is 1. The molecule has 1 saturated heterocycles. The summed E-state index contributed by atoms with van der Waals surface area (Å²) in [6.45, 7) is 1.56. The zero-order chi connectivity index (χ0) is 11.0. The lowest BCUT2D eigenvalue weighted by atomic mass is 9.95. The van der Waals surface area contributed by atoms with Gasteiger partial charge >= 0.3 is 0 Å². The van der Waals surface area contributed by atoms with Crippen molar-refractivity contribution in [2.24, 2.45) is 11.7 Å². The van der Waals surface area contributed by atoms with Crippen molar-refractivity contribution in [2.75, 3.05) is 13.2 Å². The molecule has 2 nitrogen and oxygen atoms in total. The van der Waals surface area contributed by atoms with Gasteiger partial charge in [-0.05, 0) is 35.4 Å². The van der Waals surface area contributed by atoms with Crippen molar-refractivity contribution >= 4 is 21.4 Å². The predicted octanol–water partition coefficient (Wildman–Crippen LogP) is 2.94. The molecule has 1 fully saturated rings. The molecule has 2 atom stereocenters. The van der Waals surface area contributed by atoms with Gasteiger partial charge in [-0.2, -0.15) is 0 Å². The fourth-order valence-electron chi connectivity index (χ4n) is 2.44. The number of fused-ring (bicyclic) bond motifs is 1. The Labute approximate surface area is 99.0 Å². The molecule has 2 heterocycles. The Morgan fingerprint density at radius 3 is 3.12 bits per heavy atom. The van der Waals surface area contributed by atoms with E-state index in [-0.39, 0.29) is 6.10 Å². The minimum Gasteiger partial charge on any atom is -0.373 e. The van der Waals surface area contributed by atoms with E-state index in [0.717, 1.165) is 19.6 Å². The van der Waals surface area contributed by atoms with Gasteiger partial charge in [0.05, 0.1) is 6.10 Å². The van der Waals surface area contributed by atoms with Crippen LogP contribution in [0.3, 0.4) is 0 Å². The zero-order valence-electron chi connectivity index (χ0n) is 9.06. The summed E-state index contributed by atoms with van der Waals surface area (Å²) in [5, 5.41) is 3.56. The minimum atomic E-state index is 0.209. The zero-order valence-corrected chi connectivity index (χ0v) is 9.87. The summed E-state index contributed by atoms with van der Waals surface area (Å²) in [7, 11) is 0. The molecule has 16 heavy (non-hydrogen) atoms. The lowest BCUT2D eigenvalue weighted by Gasteiger charge is -2.16. The fourth-order valence-corrected chi connectivity index (χ4v) is 3.42. The first kappa shape index (κ1) is 10.3. The highest BCUT2D eigenvalue weighted by molar-refractivity contribution is 7.17. The molecule has 84 valence electrons. The van der Waals surface area contributed by atoms with Crippen LogP contribution in [0.15, 0.2) is 29.6 Å². The van der Waals surface area contributed by atoms with E-state index in [1.54, 1.807) is 11.3 Å². The molecule has 2 unspecified atom stereocenters. The van der Waals surface area contributed by atoms with Crippen molar-refractivity contribution in [3.05, 3.63) is 35.2 Å². The summed E-state index contributed by atoms with van der Waals surface area (Å²) in [6, 6.07) is 8.51. The second kappa shape index (κ2) is 4.17. The standard InChI is InChI=1S/C13H15NOS/c14-7-9-5-6-15-13(9)11-8-16-12-4-2-1-3-10(11)12/h1-4,8-9,13H,5-7,14H2. The Kier molecular flexibility index (Phi) is 2.67. The van der Waals surface area contributed by atoms with Crippen LogP contribution in [0.2, 0.25) is 0 Å². The van der Waals surface area contributed by atoms with Crippen LogP contribution in [0, 0.1) is 5.92 Å². The van der Waals surface area contributed by atoms with Gasteiger partial charge in [0.15, 0.2) is 0 Å². The van der Waals surface area contributed by atoms with Crippen LogP contribution in [0.25, 0.3) is 10.1 Å². The van der Waals surface area contributed by atoms with E-state index in [1.165, 1.54) is 15.6 Å². The molecule has 0 radical (unpaired) electrons. The van der Waals surface area contributed by atoms with E-state index in [9.17, 15) is 0 Å². The van der Waals surface area contributed by atoms with E-state index < -0.39 is 0 Å². The van der Waals surface area contributed by atoms with Gasteiger partial charge in [-0.15, -0.1) is 11.3 Å². The average molecular weight is 233 g/mol. The molecule has 0 bridgehead atoms. The van der Waals surface area contributed by atoms with Crippen LogP contribution >= 0.6 is 11.3 Å². The maximum atomic E-state index is 5.84. The molecule has 0 aliphatic carbocycles. The number of hydrogen-bond acceptors (Lipinski definition) is 3. The topological polar surface area (TPSA) is 35.2 Å². The third-order valence-electron chi connectivity index (χ3n) is 3.33. The monoisotopic (exact) mass is 233 g/mol. The van der Waals surface area contributed by atoms with Gasteiger partial charge in [0.25, 0.3) is 0 Å². The SMILES string of the molecule is NCC1CCOC1c1csc2ccccc12. The average Bonchev–Trinajstić information content (AvgIpc) is 2.94. The van der Waals surface area contributed by atoms with Crippen LogP contribution < -0.4 is 5.73 Å². The van der Waals surface area contributed by atoms with Crippen molar-refractivity contribution in [1.29, 1.82) is 0 Å². The fraction of sp³-hybridized carbons (Fsp3) is 0.385. The number of thiophene rings is 1. The number of ether oxygens (including phenoxy) is 1. The minimum absolute atomic E-state index is 0.209. The normalized spacial score (nSPS) is 25.3. The Bertz CT molecular complexity index is 493. The van der Waals surface area contributed by atoms with Gasteiger partial charge < -0.3 is 10.5 Å². The lowest BCUT2D eigenvalue weighted by molar-refractivity contribution is 0.0939. The van der Waals surface area contributed by atoms with Gasteiger partial charge in [-0.3, -0.25) is 0 Å². The third kappa shape index (κ3) is 1.56. The first-order chi connectivity index (χ1) is 7.90. The maximum absolute atomic E-state index is 5.84. The predicted molar refractivity (Wildman–Crippen MR) is 67.7 cm³/mol. The second-order valence-corrected chi connectivity index (χ2v) is 5.17. The van der Waals surface area contributed by atoms with Crippen LogP contribution in [-0.2, 0) is 4.74 Å². The van der Waals surface area contributed by atoms with Crippen LogP contribution in [0.1, 0.15) is 18.1 Å². The number of rotatable bonds is 2. The smallest absolute Gasteiger partial charge is 0.0879 e. The molecule has 3 heteroatoms. The van der Waals surface area contributed by atoms with Gasteiger partial charge in [0.2, 0.25) is 0 Å². The van der Waals surface area contributed by atoms with E-state index in [1.807, 2.05) is 0 Å². The van der Waals surface area contributed by atoms with Crippen molar-refractivity contribution in [3.63, 3.8) is 0 Å². The molecule has 0 amide bonds. The first-order valence-corrected chi connectivity index (χ1v) is 6.56. The molecule has 3 rings (SSSR count). The van der Waals surface area contributed by atoms with Crippen LogP contribution in [-0.4, -0.2) is 13.2 Å². The number of hydrogen-bond donors (Lipinski definition) is 1. The van der Waals surface area contributed by atoms with Crippen LogP contribution in [0.4, 0.5) is 0 Å². The summed E-state index contributed by atoms with van der Waals surface area (Å²) >= 11 is 1.79. The molecule has 1 aromatic carbocycles. The van der Waals surface area contributed by atoms with Crippen molar-refractivity contribution in [3.8, 4) is 0 Å². The molecule has 1 aromatic heterocycles. The van der Waals surface area contributed by atoms with Crippen molar-refractivity contribution in [2.45, 2.75) is 12.5 Å². The van der Waals surface area contributed by atoms with E-state index >= 15 is 0 Å². The highest BCUT2D eigenvalue weighted by Crippen LogP contribution is 2.39. The van der Waals surface area contributed by atoms with Gasteiger partial charge in [0.1, 0.15) is 0 Å².